The molecule has 3 nitrogen and oxygen atoms in total. The van der Waals surface area contributed by atoms with Crippen molar-refractivity contribution in [3.63, 3.8) is 0 Å². The fourth-order valence-corrected chi connectivity index (χ4v) is 2.11. The summed E-state index contributed by atoms with van der Waals surface area (Å²) in [4.78, 5) is 13.4. The number of carboxylic acids is 1. The largest absolute Gasteiger partial charge is 0.481 e. The Balaban J connectivity index is 2.46. The van der Waals surface area contributed by atoms with Crippen molar-refractivity contribution in [2.45, 2.75) is 12.8 Å². The van der Waals surface area contributed by atoms with Crippen molar-refractivity contribution in [2.75, 3.05) is 0 Å². The van der Waals surface area contributed by atoms with Crippen LogP contribution in [0.4, 0.5) is 4.39 Å². The minimum atomic E-state index is -0.875. The van der Waals surface area contributed by atoms with E-state index < -0.39 is 5.97 Å². The summed E-state index contributed by atoms with van der Waals surface area (Å²) in [5, 5.41) is 9.11. The first-order chi connectivity index (χ1) is 7.59. The van der Waals surface area contributed by atoms with E-state index in [1.807, 2.05) is 22.6 Å². The molecule has 1 aromatic carbocycles. The van der Waals surface area contributed by atoms with E-state index in [2.05, 4.69) is 4.98 Å². The van der Waals surface area contributed by atoms with E-state index >= 15 is 0 Å². The normalized spacial score (nSPS) is 10.9. The van der Waals surface area contributed by atoms with Crippen LogP contribution < -0.4 is 0 Å². The molecule has 0 fully saturated rings. The first-order valence-electron chi connectivity index (χ1n) is 4.75. The van der Waals surface area contributed by atoms with Crippen LogP contribution in [0.3, 0.4) is 0 Å². The third kappa shape index (κ3) is 2.04. The maximum absolute atomic E-state index is 13.8. The number of rotatable bonds is 3. The number of H-pyrrole nitrogens is 1. The summed E-state index contributed by atoms with van der Waals surface area (Å²) in [5.74, 6) is -1.15. The molecule has 2 aromatic rings. The second-order valence-electron chi connectivity index (χ2n) is 3.49. The Morgan fingerprint density at radius 1 is 1.50 bits per heavy atom. The molecule has 0 saturated heterocycles. The number of hydrogen-bond acceptors (Lipinski definition) is 1. The van der Waals surface area contributed by atoms with Crippen molar-refractivity contribution in [3.8, 4) is 0 Å². The lowest BCUT2D eigenvalue weighted by Crippen LogP contribution is -1.97. The molecule has 2 rings (SSSR count). The molecule has 2 N–H and O–H groups in total. The molecule has 5 heteroatoms. The van der Waals surface area contributed by atoms with Crippen molar-refractivity contribution in [1.29, 1.82) is 0 Å². The number of aryl methyl sites for hydroxylation is 1. The molecule has 0 aliphatic rings. The molecular weight excluding hydrogens is 324 g/mol. The molecule has 0 saturated carbocycles. The Morgan fingerprint density at radius 2 is 2.25 bits per heavy atom. The van der Waals surface area contributed by atoms with E-state index in [-0.39, 0.29) is 12.2 Å². The third-order valence-corrected chi connectivity index (χ3v) is 3.26. The topological polar surface area (TPSA) is 53.1 Å². The standard InChI is InChI=1S/C11H9FINO2/c12-11-7(13)2-3-8-10(11)6(5-14-8)1-4-9(15)16/h2-3,5,14H,1,4H2,(H,15,16). The zero-order valence-corrected chi connectivity index (χ0v) is 10.4. The van der Waals surface area contributed by atoms with Crippen molar-refractivity contribution >= 4 is 39.5 Å². The van der Waals surface area contributed by atoms with Gasteiger partial charge in [-0.15, -0.1) is 0 Å². The van der Waals surface area contributed by atoms with Gasteiger partial charge in [-0.1, -0.05) is 0 Å². The van der Waals surface area contributed by atoms with Crippen molar-refractivity contribution < 1.29 is 14.3 Å². The number of halogens is 2. The monoisotopic (exact) mass is 333 g/mol. The van der Waals surface area contributed by atoms with Gasteiger partial charge in [-0.2, -0.15) is 0 Å². The summed E-state index contributed by atoms with van der Waals surface area (Å²) in [6.07, 6.45) is 2.02. The number of carboxylic acid groups (broad SMARTS) is 1. The van der Waals surface area contributed by atoms with E-state index in [4.69, 9.17) is 5.11 Å². The van der Waals surface area contributed by atoms with Gasteiger partial charge in [0.2, 0.25) is 0 Å². The lowest BCUT2D eigenvalue weighted by molar-refractivity contribution is -0.136. The molecule has 0 aliphatic carbocycles. The third-order valence-electron chi connectivity index (χ3n) is 2.43. The van der Waals surface area contributed by atoms with Crippen LogP contribution in [0.1, 0.15) is 12.0 Å². The smallest absolute Gasteiger partial charge is 0.303 e. The zero-order valence-electron chi connectivity index (χ0n) is 8.26. The van der Waals surface area contributed by atoms with Gasteiger partial charge in [0, 0.05) is 27.1 Å². The summed E-state index contributed by atoms with van der Waals surface area (Å²) in [5.41, 5.74) is 1.42. The average molecular weight is 333 g/mol. The van der Waals surface area contributed by atoms with Crippen molar-refractivity contribution in [2.24, 2.45) is 0 Å². The molecule has 1 heterocycles. The zero-order chi connectivity index (χ0) is 11.7. The second kappa shape index (κ2) is 4.40. The Hall–Kier alpha value is -1.11. The van der Waals surface area contributed by atoms with Crippen LogP contribution in [0.15, 0.2) is 18.3 Å². The molecule has 0 aliphatic heterocycles. The fraction of sp³-hybridized carbons (Fsp3) is 0.182. The summed E-state index contributed by atoms with van der Waals surface area (Å²) >= 11 is 1.92. The predicted molar refractivity (Wildman–Crippen MR) is 66.9 cm³/mol. The van der Waals surface area contributed by atoms with Crippen molar-refractivity contribution in [1.82, 2.24) is 4.98 Å². The number of carbonyl (C=O) groups is 1. The van der Waals surface area contributed by atoms with E-state index in [1.165, 1.54) is 0 Å². The number of hydrogen-bond donors (Lipinski definition) is 2. The van der Waals surface area contributed by atoms with Crippen LogP contribution in [-0.4, -0.2) is 16.1 Å². The highest BCUT2D eigenvalue weighted by Gasteiger charge is 2.12. The van der Waals surface area contributed by atoms with Gasteiger partial charge in [-0.25, -0.2) is 4.39 Å². The molecule has 0 bridgehead atoms. The fourth-order valence-electron chi connectivity index (χ4n) is 1.66. The molecule has 0 radical (unpaired) electrons. The van der Waals surface area contributed by atoms with Crippen LogP contribution in [0.25, 0.3) is 10.9 Å². The molecule has 0 spiro atoms. The van der Waals surface area contributed by atoms with Gasteiger partial charge in [-0.05, 0) is 46.7 Å². The van der Waals surface area contributed by atoms with Crippen LogP contribution >= 0.6 is 22.6 Å². The van der Waals surface area contributed by atoms with Crippen molar-refractivity contribution in [3.05, 3.63) is 33.3 Å². The van der Waals surface area contributed by atoms with Gasteiger partial charge in [0.15, 0.2) is 0 Å². The second-order valence-corrected chi connectivity index (χ2v) is 4.65. The lowest BCUT2D eigenvalue weighted by Gasteiger charge is -2.00. The highest BCUT2D eigenvalue weighted by atomic mass is 127. The lowest BCUT2D eigenvalue weighted by atomic mass is 10.1. The number of aromatic amines is 1. The van der Waals surface area contributed by atoms with E-state index in [1.54, 1.807) is 18.3 Å². The molecule has 0 atom stereocenters. The average Bonchev–Trinajstić information content (AvgIpc) is 2.64. The molecule has 16 heavy (non-hydrogen) atoms. The van der Waals surface area contributed by atoms with E-state index in [0.29, 0.717) is 26.5 Å². The number of fused-ring (bicyclic) bond motifs is 1. The Bertz CT molecular complexity index is 550. The Morgan fingerprint density at radius 3 is 2.94 bits per heavy atom. The molecule has 0 amide bonds. The first kappa shape index (κ1) is 11.4. The van der Waals surface area contributed by atoms with Crippen LogP contribution in [0.2, 0.25) is 0 Å². The number of nitrogens with one attached hydrogen (secondary N) is 1. The Kier molecular flexibility index (Phi) is 3.13. The summed E-state index contributed by atoms with van der Waals surface area (Å²) in [7, 11) is 0. The number of aromatic nitrogens is 1. The number of aliphatic carboxylic acids is 1. The van der Waals surface area contributed by atoms with Crippen LogP contribution in [-0.2, 0) is 11.2 Å². The van der Waals surface area contributed by atoms with Crippen LogP contribution in [0, 0.1) is 9.39 Å². The van der Waals surface area contributed by atoms with E-state index in [9.17, 15) is 9.18 Å². The van der Waals surface area contributed by atoms with Crippen LogP contribution in [0.5, 0.6) is 0 Å². The molecular formula is C11H9FINO2. The van der Waals surface area contributed by atoms with Gasteiger partial charge < -0.3 is 10.1 Å². The number of benzene rings is 1. The van der Waals surface area contributed by atoms with Gasteiger partial charge >= 0.3 is 5.97 Å². The SMILES string of the molecule is O=C(O)CCc1c[nH]c2ccc(I)c(F)c12. The molecule has 1 aromatic heterocycles. The summed E-state index contributed by atoms with van der Waals surface area (Å²) < 4.78 is 14.4. The summed E-state index contributed by atoms with van der Waals surface area (Å²) in [6, 6.07) is 3.49. The molecule has 84 valence electrons. The highest BCUT2D eigenvalue weighted by molar-refractivity contribution is 14.1. The maximum Gasteiger partial charge on any atom is 0.303 e. The minimum absolute atomic E-state index is 0.0118. The quantitative estimate of drug-likeness (QED) is 0.849. The highest BCUT2D eigenvalue weighted by Crippen LogP contribution is 2.26. The minimum Gasteiger partial charge on any atom is -0.481 e. The first-order valence-corrected chi connectivity index (χ1v) is 5.83. The molecule has 0 unspecified atom stereocenters. The van der Waals surface area contributed by atoms with E-state index in [0.717, 1.165) is 0 Å². The van der Waals surface area contributed by atoms with Gasteiger partial charge in [0.25, 0.3) is 0 Å². The summed E-state index contributed by atoms with van der Waals surface area (Å²) in [6.45, 7) is 0. The maximum atomic E-state index is 13.8. The van der Waals surface area contributed by atoms with Gasteiger partial charge in [0.1, 0.15) is 5.82 Å². The van der Waals surface area contributed by atoms with Gasteiger partial charge in [-0.3, -0.25) is 4.79 Å². The van der Waals surface area contributed by atoms with Gasteiger partial charge in [0.05, 0.1) is 0 Å². The predicted octanol–water partition coefficient (Wildman–Crippen LogP) is 2.93. The Labute approximate surface area is 105 Å².